The van der Waals surface area contributed by atoms with Gasteiger partial charge in [0.2, 0.25) is 5.78 Å². The van der Waals surface area contributed by atoms with Crippen molar-refractivity contribution in [3.05, 3.63) is 0 Å². The van der Waals surface area contributed by atoms with Crippen LogP contribution >= 0.6 is 0 Å². The standard InChI is InChI=1S/C11H19NO3/c1-12-11(14)10(13)7-8-3-5-9(15-2)6-4-8/h8-9H,3-7H2,1-2H3,(H,12,14). The Kier molecular flexibility index (Phi) is 4.75. The van der Waals surface area contributed by atoms with Gasteiger partial charge in [-0.05, 0) is 31.6 Å². The third-order valence-electron chi connectivity index (χ3n) is 3.08. The highest BCUT2D eigenvalue weighted by Crippen LogP contribution is 2.28. The molecule has 1 amide bonds. The number of amides is 1. The molecule has 0 saturated heterocycles. The van der Waals surface area contributed by atoms with Crippen LogP contribution in [0.4, 0.5) is 0 Å². The SMILES string of the molecule is CNC(=O)C(=O)CC1CCC(OC)CC1. The van der Waals surface area contributed by atoms with Gasteiger partial charge in [-0.3, -0.25) is 9.59 Å². The maximum absolute atomic E-state index is 11.4. The molecular formula is C11H19NO3. The lowest BCUT2D eigenvalue weighted by atomic mass is 9.84. The van der Waals surface area contributed by atoms with Crippen LogP contribution in [0.25, 0.3) is 0 Å². The van der Waals surface area contributed by atoms with Gasteiger partial charge in [0.1, 0.15) is 0 Å². The summed E-state index contributed by atoms with van der Waals surface area (Å²) in [6.45, 7) is 0. The first-order valence-electron chi connectivity index (χ1n) is 5.45. The van der Waals surface area contributed by atoms with E-state index in [2.05, 4.69) is 5.32 Å². The molecule has 1 N–H and O–H groups in total. The molecule has 15 heavy (non-hydrogen) atoms. The Morgan fingerprint density at radius 2 is 1.87 bits per heavy atom. The largest absolute Gasteiger partial charge is 0.381 e. The van der Waals surface area contributed by atoms with E-state index in [0.717, 1.165) is 25.7 Å². The Hall–Kier alpha value is -0.900. The van der Waals surface area contributed by atoms with Gasteiger partial charge in [0.05, 0.1) is 6.10 Å². The summed E-state index contributed by atoms with van der Waals surface area (Å²) >= 11 is 0. The molecule has 0 unspecified atom stereocenters. The zero-order valence-electron chi connectivity index (χ0n) is 9.41. The van der Waals surface area contributed by atoms with Gasteiger partial charge >= 0.3 is 0 Å². The highest BCUT2D eigenvalue weighted by atomic mass is 16.5. The summed E-state index contributed by atoms with van der Waals surface area (Å²) in [5.41, 5.74) is 0. The average Bonchev–Trinajstić information content (AvgIpc) is 2.29. The van der Waals surface area contributed by atoms with E-state index >= 15 is 0 Å². The molecule has 0 bridgehead atoms. The minimum absolute atomic E-state index is 0.293. The van der Waals surface area contributed by atoms with E-state index in [9.17, 15) is 9.59 Å². The van der Waals surface area contributed by atoms with Gasteiger partial charge in [-0.2, -0.15) is 0 Å². The van der Waals surface area contributed by atoms with Crippen molar-refractivity contribution in [1.29, 1.82) is 0 Å². The molecule has 0 aromatic rings. The molecule has 86 valence electrons. The fourth-order valence-corrected chi connectivity index (χ4v) is 2.07. The van der Waals surface area contributed by atoms with E-state index < -0.39 is 5.91 Å². The van der Waals surface area contributed by atoms with Gasteiger partial charge < -0.3 is 10.1 Å². The fraction of sp³-hybridized carbons (Fsp3) is 0.818. The Bertz CT molecular complexity index is 232. The van der Waals surface area contributed by atoms with Crippen molar-refractivity contribution in [2.75, 3.05) is 14.2 Å². The second-order valence-electron chi connectivity index (χ2n) is 4.08. The maximum Gasteiger partial charge on any atom is 0.287 e. The lowest BCUT2D eigenvalue weighted by molar-refractivity contribution is -0.138. The first-order chi connectivity index (χ1) is 7.17. The van der Waals surface area contributed by atoms with Crippen molar-refractivity contribution in [1.82, 2.24) is 5.32 Å². The van der Waals surface area contributed by atoms with E-state index in [1.165, 1.54) is 7.05 Å². The van der Waals surface area contributed by atoms with Crippen LogP contribution in [-0.2, 0) is 14.3 Å². The number of ketones is 1. The molecule has 1 fully saturated rings. The highest BCUT2D eigenvalue weighted by molar-refractivity contribution is 6.36. The summed E-state index contributed by atoms with van der Waals surface area (Å²) in [7, 11) is 3.21. The maximum atomic E-state index is 11.4. The van der Waals surface area contributed by atoms with Crippen LogP contribution in [0.3, 0.4) is 0 Å². The van der Waals surface area contributed by atoms with Crippen molar-refractivity contribution in [3.63, 3.8) is 0 Å². The van der Waals surface area contributed by atoms with Crippen molar-refractivity contribution in [2.24, 2.45) is 5.92 Å². The minimum Gasteiger partial charge on any atom is -0.381 e. The van der Waals surface area contributed by atoms with Crippen molar-refractivity contribution < 1.29 is 14.3 Å². The summed E-state index contributed by atoms with van der Waals surface area (Å²) in [4.78, 5) is 22.4. The van der Waals surface area contributed by atoms with E-state index in [-0.39, 0.29) is 5.78 Å². The van der Waals surface area contributed by atoms with Gasteiger partial charge in [0, 0.05) is 20.6 Å². The van der Waals surface area contributed by atoms with E-state index in [0.29, 0.717) is 18.4 Å². The fourth-order valence-electron chi connectivity index (χ4n) is 2.07. The van der Waals surface area contributed by atoms with Crippen LogP contribution in [0.5, 0.6) is 0 Å². The molecule has 0 aromatic carbocycles. The van der Waals surface area contributed by atoms with Gasteiger partial charge in [0.15, 0.2) is 0 Å². The number of carbonyl (C=O) groups excluding carboxylic acids is 2. The lowest BCUT2D eigenvalue weighted by Gasteiger charge is -2.26. The third kappa shape index (κ3) is 3.63. The van der Waals surface area contributed by atoms with E-state index in [1.807, 2.05) is 0 Å². The molecule has 4 nitrogen and oxygen atoms in total. The zero-order chi connectivity index (χ0) is 11.3. The Morgan fingerprint density at radius 3 is 2.33 bits per heavy atom. The number of nitrogens with one attached hydrogen (secondary N) is 1. The molecule has 0 aromatic heterocycles. The number of methoxy groups -OCH3 is 1. The molecule has 1 rings (SSSR count). The quantitative estimate of drug-likeness (QED) is 0.706. The zero-order valence-corrected chi connectivity index (χ0v) is 9.41. The molecule has 0 radical (unpaired) electrons. The first-order valence-corrected chi connectivity index (χ1v) is 5.45. The predicted octanol–water partition coefficient (Wildman–Crippen LogP) is 0.897. The smallest absolute Gasteiger partial charge is 0.287 e. The number of hydrogen-bond acceptors (Lipinski definition) is 3. The summed E-state index contributed by atoms with van der Waals surface area (Å²) in [5, 5.41) is 2.36. The highest BCUT2D eigenvalue weighted by Gasteiger charge is 2.24. The molecule has 0 aliphatic heterocycles. The van der Waals surface area contributed by atoms with Gasteiger partial charge in [-0.25, -0.2) is 0 Å². The summed E-state index contributed by atoms with van der Waals surface area (Å²) in [6.07, 6.45) is 4.71. The molecule has 1 saturated carbocycles. The van der Waals surface area contributed by atoms with Crippen molar-refractivity contribution >= 4 is 11.7 Å². The second kappa shape index (κ2) is 5.85. The molecule has 4 heteroatoms. The number of carbonyl (C=O) groups is 2. The third-order valence-corrected chi connectivity index (χ3v) is 3.08. The Balaban J connectivity index is 2.29. The van der Waals surface area contributed by atoms with E-state index in [1.54, 1.807) is 7.11 Å². The normalized spacial score (nSPS) is 26.0. The molecule has 0 spiro atoms. The monoisotopic (exact) mass is 213 g/mol. The summed E-state index contributed by atoms with van der Waals surface area (Å²) < 4.78 is 5.25. The number of Topliss-reactive ketones (excluding diaryl/α,β-unsaturated/α-hetero) is 1. The average molecular weight is 213 g/mol. The number of rotatable bonds is 4. The van der Waals surface area contributed by atoms with Crippen LogP contribution in [-0.4, -0.2) is 32.0 Å². The Labute approximate surface area is 90.4 Å². The topological polar surface area (TPSA) is 55.4 Å². The van der Waals surface area contributed by atoms with Crippen LogP contribution in [0.2, 0.25) is 0 Å². The van der Waals surface area contributed by atoms with Crippen LogP contribution < -0.4 is 5.32 Å². The molecule has 1 aliphatic carbocycles. The minimum atomic E-state index is -0.469. The van der Waals surface area contributed by atoms with Gasteiger partial charge in [-0.15, -0.1) is 0 Å². The van der Waals surface area contributed by atoms with E-state index in [4.69, 9.17) is 4.74 Å². The Morgan fingerprint density at radius 1 is 1.27 bits per heavy atom. The van der Waals surface area contributed by atoms with Gasteiger partial charge in [0.25, 0.3) is 5.91 Å². The van der Waals surface area contributed by atoms with Crippen molar-refractivity contribution in [2.45, 2.75) is 38.2 Å². The van der Waals surface area contributed by atoms with Crippen LogP contribution in [0.1, 0.15) is 32.1 Å². The number of hydrogen-bond donors (Lipinski definition) is 1. The second-order valence-corrected chi connectivity index (χ2v) is 4.08. The number of ether oxygens (including phenoxy) is 1. The predicted molar refractivity (Wildman–Crippen MR) is 56.4 cm³/mol. The van der Waals surface area contributed by atoms with Gasteiger partial charge in [-0.1, -0.05) is 0 Å². The number of likely N-dealkylation sites (N-methyl/N-ethyl adjacent to an activating group) is 1. The molecular weight excluding hydrogens is 194 g/mol. The van der Waals surface area contributed by atoms with Crippen LogP contribution in [0.15, 0.2) is 0 Å². The molecule has 0 atom stereocenters. The molecule has 0 heterocycles. The summed E-state index contributed by atoms with van der Waals surface area (Å²) in [6, 6.07) is 0. The lowest BCUT2D eigenvalue weighted by Crippen LogP contribution is -2.30. The summed E-state index contributed by atoms with van der Waals surface area (Å²) in [5.74, 6) is -0.400. The van der Waals surface area contributed by atoms with Crippen molar-refractivity contribution in [3.8, 4) is 0 Å². The first kappa shape index (κ1) is 12.2. The molecule has 1 aliphatic rings. The van der Waals surface area contributed by atoms with Crippen LogP contribution in [0, 0.1) is 5.92 Å².